The average Bonchev–Trinajstić information content (AvgIpc) is 3.37. The van der Waals surface area contributed by atoms with Crippen molar-refractivity contribution in [2.75, 3.05) is 17.3 Å². The third kappa shape index (κ3) is 4.87. The lowest BCUT2D eigenvalue weighted by Gasteiger charge is -2.28. The number of thioether (sulfide) groups is 1. The van der Waals surface area contributed by atoms with Crippen LogP contribution in [0.4, 0.5) is 13.2 Å². The molecule has 0 radical (unpaired) electrons. The maximum absolute atomic E-state index is 13.1. The molecule has 1 unspecified atom stereocenters. The Hall–Kier alpha value is -1.75. The van der Waals surface area contributed by atoms with Gasteiger partial charge in [0.2, 0.25) is 5.91 Å². The Morgan fingerprint density at radius 1 is 1.26 bits per heavy atom. The van der Waals surface area contributed by atoms with Gasteiger partial charge in [0.05, 0.1) is 33.9 Å². The third-order valence-electron chi connectivity index (χ3n) is 5.64. The number of carbonyl (C=O) groups excluding carboxylic acids is 1. The smallest absolute Gasteiger partial charge is 0.335 e. The minimum atomic E-state index is -4.44. The van der Waals surface area contributed by atoms with Crippen molar-refractivity contribution in [3.63, 3.8) is 0 Å². The van der Waals surface area contributed by atoms with E-state index in [1.807, 2.05) is 6.92 Å². The highest BCUT2D eigenvalue weighted by Crippen LogP contribution is 2.35. The molecular formula is C20H24F3N3O3S2. The summed E-state index contributed by atoms with van der Waals surface area (Å²) in [6.07, 6.45) is -1.52. The molecule has 2 heterocycles. The molecule has 170 valence electrons. The molecule has 1 saturated heterocycles. The minimum absolute atomic E-state index is 0.00841. The molecule has 1 aliphatic carbocycles. The Kier molecular flexibility index (Phi) is 6.01. The van der Waals surface area contributed by atoms with Gasteiger partial charge in [-0.3, -0.25) is 4.79 Å². The van der Waals surface area contributed by atoms with Crippen molar-refractivity contribution in [2.45, 2.75) is 62.6 Å². The van der Waals surface area contributed by atoms with Gasteiger partial charge in [0, 0.05) is 18.6 Å². The van der Waals surface area contributed by atoms with E-state index in [9.17, 15) is 26.4 Å². The van der Waals surface area contributed by atoms with Gasteiger partial charge in [-0.25, -0.2) is 13.4 Å². The molecule has 6 nitrogen and oxygen atoms in total. The molecule has 2 aliphatic rings. The summed E-state index contributed by atoms with van der Waals surface area (Å²) in [7, 11) is -3.10. The van der Waals surface area contributed by atoms with Gasteiger partial charge in [-0.1, -0.05) is 18.7 Å². The zero-order valence-corrected chi connectivity index (χ0v) is 18.7. The number of sulfone groups is 1. The predicted molar refractivity (Wildman–Crippen MR) is 113 cm³/mol. The highest BCUT2D eigenvalue weighted by atomic mass is 32.2. The number of carbonyl (C=O) groups is 1. The van der Waals surface area contributed by atoms with Crippen molar-refractivity contribution >= 4 is 38.5 Å². The van der Waals surface area contributed by atoms with Crippen LogP contribution in [-0.4, -0.2) is 58.1 Å². The van der Waals surface area contributed by atoms with Gasteiger partial charge in [-0.15, -0.1) is 0 Å². The van der Waals surface area contributed by atoms with Gasteiger partial charge in [0.25, 0.3) is 0 Å². The molecule has 2 fully saturated rings. The molecule has 4 rings (SSSR count). The van der Waals surface area contributed by atoms with Gasteiger partial charge < -0.3 is 9.47 Å². The fraction of sp³-hybridized carbons (Fsp3) is 0.600. The van der Waals surface area contributed by atoms with Crippen LogP contribution in [-0.2, 0) is 27.4 Å². The standard InChI is InChI=1S/C20H24F3N3O3S2/c1-2-8-25-17-10-13(20(21,22)23)3-6-16(17)24-19(25)30-11-18(27)26(14-4-5-14)15-7-9-31(28,29)12-15/h3,6,10,14-15H,2,4-5,7-9,11-12H2,1H3. The van der Waals surface area contributed by atoms with E-state index in [4.69, 9.17) is 0 Å². The Morgan fingerprint density at radius 3 is 2.58 bits per heavy atom. The summed E-state index contributed by atoms with van der Waals surface area (Å²) >= 11 is 1.20. The van der Waals surface area contributed by atoms with E-state index in [1.165, 1.54) is 17.8 Å². The monoisotopic (exact) mass is 475 g/mol. The van der Waals surface area contributed by atoms with Gasteiger partial charge in [0.1, 0.15) is 0 Å². The second-order valence-corrected chi connectivity index (χ2v) is 11.3. The number of benzene rings is 1. The van der Waals surface area contributed by atoms with Crippen LogP contribution in [0.5, 0.6) is 0 Å². The summed E-state index contributed by atoms with van der Waals surface area (Å²) < 4.78 is 64.9. The van der Waals surface area contributed by atoms with Gasteiger partial charge in [-0.05, 0) is 43.9 Å². The van der Waals surface area contributed by atoms with E-state index in [-0.39, 0.29) is 35.2 Å². The van der Waals surface area contributed by atoms with Crippen LogP contribution in [0.25, 0.3) is 11.0 Å². The largest absolute Gasteiger partial charge is 0.416 e. The van der Waals surface area contributed by atoms with E-state index < -0.39 is 21.6 Å². The number of hydrogen-bond donors (Lipinski definition) is 0. The third-order valence-corrected chi connectivity index (χ3v) is 8.35. The van der Waals surface area contributed by atoms with Crippen molar-refractivity contribution in [2.24, 2.45) is 0 Å². The van der Waals surface area contributed by atoms with Crippen LogP contribution in [0.3, 0.4) is 0 Å². The number of halogens is 3. The van der Waals surface area contributed by atoms with Crippen molar-refractivity contribution in [1.29, 1.82) is 0 Å². The molecule has 1 saturated carbocycles. The lowest BCUT2D eigenvalue weighted by Crippen LogP contribution is -2.43. The molecule has 0 spiro atoms. The number of imidazole rings is 1. The second-order valence-electron chi connectivity index (χ2n) is 8.12. The molecule has 1 amide bonds. The first-order valence-corrected chi connectivity index (χ1v) is 13.1. The molecule has 1 atom stereocenters. The van der Waals surface area contributed by atoms with Gasteiger partial charge in [-0.2, -0.15) is 13.2 Å². The molecule has 31 heavy (non-hydrogen) atoms. The van der Waals surface area contributed by atoms with Crippen molar-refractivity contribution in [1.82, 2.24) is 14.5 Å². The molecule has 0 N–H and O–H groups in total. The maximum Gasteiger partial charge on any atom is 0.416 e. The SMILES string of the molecule is CCCn1c(SCC(=O)N(C2CC2)C2CCS(=O)(=O)C2)nc2ccc(C(F)(F)F)cc21. The predicted octanol–water partition coefficient (Wildman–Crippen LogP) is 3.74. The van der Waals surface area contributed by atoms with E-state index in [1.54, 1.807) is 9.47 Å². The van der Waals surface area contributed by atoms with Crippen LogP contribution in [0, 0.1) is 0 Å². The Balaban J connectivity index is 1.55. The summed E-state index contributed by atoms with van der Waals surface area (Å²) in [5.74, 6) is 0.0521. The molecule has 11 heteroatoms. The van der Waals surface area contributed by atoms with E-state index in [0.29, 0.717) is 35.6 Å². The first kappa shape index (κ1) is 22.4. The minimum Gasteiger partial charge on any atom is -0.335 e. The van der Waals surface area contributed by atoms with Gasteiger partial charge in [0.15, 0.2) is 15.0 Å². The normalized spacial score (nSPS) is 21.0. The van der Waals surface area contributed by atoms with Crippen LogP contribution in [0.15, 0.2) is 23.4 Å². The molecule has 2 aromatic rings. The summed E-state index contributed by atoms with van der Waals surface area (Å²) in [6, 6.07) is 3.28. The fourth-order valence-electron chi connectivity index (χ4n) is 4.08. The number of aromatic nitrogens is 2. The van der Waals surface area contributed by atoms with Crippen molar-refractivity contribution in [3.05, 3.63) is 23.8 Å². The van der Waals surface area contributed by atoms with Crippen LogP contribution in [0.1, 0.15) is 38.2 Å². The van der Waals surface area contributed by atoms with E-state index >= 15 is 0 Å². The Bertz CT molecular complexity index is 1090. The topological polar surface area (TPSA) is 72.3 Å². The molecule has 0 bridgehead atoms. The Labute approximate surface area is 183 Å². The van der Waals surface area contributed by atoms with E-state index in [2.05, 4.69) is 4.98 Å². The van der Waals surface area contributed by atoms with Crippen molar-refractivity contribution in [3.8, 4) is 0 Å². The van der Waals surface area contributed by atoms with Crippen LogP contribution < -0.4 is 0 Å². The summed E-state index contributed by atoms with van der Waals surface area (Å²) in [5.41, 5.74) is 0.122. The summed E-state index contributed by atoms with van der Waals surface area (Å²) in [6.45, 7) is 2.41. The number of hydrogen-bond acceptors (Lipinski definition) is 5. The van der Waals surface area contributed by atoms with Crippen molar-refractivity contribution < 1.29 is 26.4 Å². The molecule has 1 aliphatic heterocycles. The fourth-order valence-corrected chi connectivity index (χ4v) is 6.70. The zero-order chi connectivity index (χ0) is 22.4. The maximum atomic E-state index is 13.1. The number of alkyl halides is 3. The molecular weight excluding hydrogens is 451 g/mol. The summed E-state index contributed by atoms with van der Waals surface area (Å²) in [5, 5.41) is 0.499. The highest BCUT2D eigenvalue weighted by molar-refractivity contribution is 7.99. The number of nitrogens with zero attached hydrogens (tertiary/aromatic N) is 3. The number of aryl methyl sites for hydroxylation is 1. The Morgan fingerprint density at radius 2 is 2.00 bits per heavy atom. The lowest BCUT2D eigenvalue weighted by molar-refractivity contribution is -0.137. The second kappa shape index (κ2) is 8.31. The van der Waals surface area contributed by atoms with Crippen LogP contribution >= 0.6 is 11.8 Å². The lowest BCUT2D eigenvalue weighted by atomic mass is 10.2. The summed E-state index contributed by atoms with van der Waals surface area (Å²) in [4.78, 5) is 19.2. The zero-order valence-electron chi connectivity index (χ0n) is 17.1. The first-order valence-electron chi connectivity index (χ1n) is 10.3. The number of rotatable bonds is 7. The quantitative estimate of drug-likeness (QED) is 0.571. The van der Waals surface area contributed by atoms with E-state index in [0.717, 1.165) is 25.0 Å². The highest BCUT2D eigenvalue weighted by Gasteiger charge is 2.42. The number of fused-ring (bicyclic) bond motifs is 1. The molecule has 1 aromatic heterocycles. The molecule has 1 aromatic carbocycles. The van der Waals surface area contributed by atoms with Crippen LogP contribution in [0.2, 0.25) is 0 Å². The first-order chi connectivity index (χ1) is 14.6. The van der Waals surface area contributed by atoms with Gasteiger partial charge >= 0.3 is 6.18 Å². The average molecular weight is 476 g/mol. The number of amides is 1.